The highest BCUT2D eigenvalue weighted by atomic mass is 19.4. The third-order valence-corrected chi connectivity index (χ3v) is 3.95. The van der Waals surface area contributed by atoms with Crippen LogP contribution in [-0.4, -0.2) is 44.8 Å². The van der Waals surface area contributed by atoms with Crippen LogP contribution in [0.4, 0.5) is 23.7 Å². The molecule has 0 unspecified atom stereocenters. The first-order chi connectivity index (χ1) is 13.7. The van der Waals surface area contributed by atoms with Crippen molar-refractivity contribution in [2.24, 2.45) is 0 Å². The topological polar surface area (TPSA) is 60.0 Å². The van der Waals surface area contributed by atoms with Crippen LogP contribution in [-0.2, 0) is 6.18 Å². The lowest BCUT2D eigenvalue weighted by atomic mass is 10.1. The minimum atomic E-state index is -4.63. The van der Waals surface area contributed by atoms with Crippen molar-refractivity contribution in [3.8, 4) is 17.2 Å². The fourth-order valence-corrected chi connectivity index (χ4v) is 2.41. The molecule has 0 saturated carbocycles. The summed E-state index contributed by atoms with van der Waals surface area (Å²) >= 11 is 0. The number of nitrogens with zero attached hydrogens (tertiary/aromatic N) is 1. The Balaban J connectivity index is 1.95. The van der Waals surface area contributed by atoms with Gasteiger partial charge < -0.3 is 24.4 Å². The summed E-state index contributed by atoms with van der Waals surface area (Å²) < 4.78 is 55.6. The minimum Gasteiger partial charge on any atom is -0.497 e. The lowest BCUT2D eigenvalue weighted by molar-refractivity contribution is -0.137. The summed E-state index contributed by atoms with van der Waals surface area (Å²) in [6.45, 7) is 2.26. The van der Waals surface area contributed by atoms with Gasteiger partial charge in [-0.2, -0.15) is 13.2 Å². The van der Waals surface area contributed by atoms with Crippen molar-refractivity contribution in [2.75, 3.05) is 39.2 Å². The largest absolute Gasteiger partial charge is 0.497 e. The number of rotatable bonds is 8. The maximum absolute atomic E-state index is 13.3. The monoisotopic (exact) mass is 412 g/mol. The molecular weight excluding hydrogens is 389 g/mol. The van der Waals surface area contributed by atoms with Gasteiger partial charge in [-0.05, 0) is 49.4 Å². The van der Waals surface area contributed by atoms with Crippen molar-refractivity contribution < 1.29 is 32.2 Å². The summed E-state index contributed by atoms with van der Waals surface area (Å²) in [6.07, 6.45) is -4.63. The molecule has 158 valence electrons. The zero-order valence-corrected chi connectivity index (χ0v) is 16.4. The number of hydrogen-bond donors (Lipinski definition) is 1. The van der Waals surface area contributed by atoms with E-state index in [0.29, 0.717) is 11.5 Å². The van der Waals surface area contributed by atoms with E-state index in [-0.39, 0.29) is 31.2 Å². The van der Waals surface area contributed by atoms with Gasteiger partial charge in [-0.1, -0.05) is 0 Å². The predicted molar refractivity (Wildman–Crippen MR) is 103 cm³/mol. The number of ether oxygens (including phenoxy) is 3. The van der Waals surface area contributed by atoms with E-state index in [2.05, 4.69) is 5.32 Å². The van der Waals surface area contributed by atoms with E-state index in [4.69, 9.17) is 14.2 Å². The number of halogens is 3. The number of amides is 2. The quantitative estimate of drug-likeness (QED) is 0.685. The van der Waals surface area contributed by atoms with E-state index in [9.17, 15) is 18.0 Å². The molecule has 0 fully saturated rings. The van der Waals surface area contributed by atoms with E-state index in [1.165, 1.54) is 24.1 Å². The van der Waals surface area contributed by atoms with Crippen LogP contribution in [0.1, 0.15) is 12.5 Å². The minimum absolute atomic E-state index is 0.0825. The van der Waals surface area contributed by atoms with E-state index in [0.717, 1.165) is 6.07 Å². The molecule has 2 rings (SSSR count). The smallest absolute Gasteiger partial charge is 0.418 e. The number of carbonyl (C=O) groups excluding carboxylic acids is 1. The third kappa shape index (κ3) is 6.48. The first-order valence-corrected chi connectivity index (χ1v) is 8.87. The highest BCUT2D eigenvalue weighted by Gasteiger charge is 2.34. The molecular formula is C20H23F3N2O4. The molecule has 0 saturated heterocycles. The number of anilines is 1. The number of nitrogens with one attached hydrogen (secondary N) is 1. The molecule has 2 aromatic rings. The lowest BCUT2D eigenvalue weighted by Crippen LogP contribution is -2.35. The van der Waals surface area contributed by atoms with Crippen LogP contribution in [0.5, 0.6) is 17.2 Å². The van der Waals surface area contributed by atoms with E-state index in [1.807, 2.05) is 0 Å². The van der Waals surface area contributed by atoms with Crippen LogP contribution < -0.4 is 19.5 Å². The summed E-state index contributed by atoms with van der Waals surface area (Å²) in [5.74, 6) is 1.36. The maximum atomic E-state index is 13.3. The Labute approximate surface area is 167 Å². The van der Waals surface area contributed by atoms with Crippen LogP contribution in [0.3, 0.4) is 0 Å². The summed E-state index contributed by atoms with van der Waals surface area (Å²) in [6, 6.07) is 9.63. The molecule has 0 spiro atoms. The molecule has 0 aliphatic carbocycles. The fraction of sp³-hybridized carbons (Fsp3) is 0.350. The van der Waals surface area contributed by atoms with Gasteiger partial charge in [-0.3, -0.25) is 0 Å². The number of benzene rings is 2. The molecule has 2 aromatic carbocycles. The Morgan fingerprint density at radius 2 is 1.66 bits per heavy atom. The Bertz CT molecular complexity index is 810. The molecule has 0 heterocycles. The summed E-state index contributed by atoms with van der Waals surface area (Å²) in [5, 5.41) is 2.29. The standard InChI is InChI=1S/C20H23F3N2O4/c1-4-28-16-9-10-18(17(13-16)20(21,22)23)24-19(26)25(2)11-12-29-15-7-5-14(27-3)6-8-15/h5-10,13H,4,11-12H2,1-3H3,(H,24,26). The van der Waals surface area contributed by atoms with Gasteiger partial charge in [-0.25, -0.2) is 4.79 Å². The van der Waals surface area contributed by atoms with E-state index >= 15 is 0 Å². The normalized spacial score (nSPS) is 11.0. The summed E-state index contributed by atoms with van der Waals surface area (Å²) in [7, 11) is 3.02. The molecule has 29 heavy (non-hydrogen) atoms. The molecule has 0 aliphatic rings. The van der Waals surface area contributed by atoms with Crippen LogP contribution in [0.15, 0.2) is 42.5 Å². The molecule has 0 bridgehead atoms. The van der Waals surface area contributed by atoms with Crippen molar-refractivity contribution in [3.63, 3.8) is 0 Å². The summed E-state index contributed by atoms with van der Waals surface area (Å²) in [5.41, 5.74) is -1.31. The lowest BCUT2D eigenvalue weighted by Gasteiger charge is -2.20. The van der Waals surface area contributed by atoms with Crippen molar-refractivity contribution >= 4 is 11.7 Å². The SMILES string of the molecule is CCOc1ccc(NC(=O)N(C)CCOc2ccc(OC)cc2)c(C(F)(F)F)c1. The second-order valence-corrected chi connectivity index (χ2v) is 6.01. The van der Waals surface area contributed by atoms with Crippen LogP contribution in [0.25, 0.3) is 0 Å². The van der Waals surface area contributed by atoms with Gasteiger partial charge in [-0.15, -0.1) is 0 Å². The zero-order valence-electron chi connectivity index (χ0n) is 16.4. The van der Waals surface area contributed by atoms with Crippen LogP contribution in [0.2, 0.25) is 0 Å². The van der Waals surface area contributed by atoms with Crippen molar-refractivity contribution in [2.45, 2.75) is 13.1 Å². The highest BCUT2D eigenvalue weighted by Crippen LogP contribution is 2.37. The molecule has 0 aromatic heterocycles. The molecule has 0 aliphatic heterocycles. The van der Waals surface area contributed by atoms with Gasteiger partial charge in [0.2, 0.25) is 0 Å². The van der Waals surface area contributed by atoms with Gasteiger partial charge in [0, 0.05) is 7.05 Å². The van der Waals surface area contributed by atoms with E-state index < -0.39 is 17.8 Å². The van der Waals surface area contributed by atoms with E-state index in [1.54, 1.807) is 38.3 Å². The molecule has 6 nitrogen and oxygen atoms in total. The maximum Gasteiger partial charge on any atom is 0.418 e. The molecule has 0 radical (unpaired) electrons. The number of methoxy groups -OCH3 is 1. The third-order valence-electron chi connectivity index (χ3n) is 3.95. The number of urea groups is 1. The Hall–Kier alpha value is -3.10. The average molecular weight is 412 g/mol. The fourth-order valence-electron chi connectivity index (χ4n) is 2.41. The number of likely N-dealkylation sites (N-methyl/N-ethyl adjacent to an activating group) is 1. The van der Waals surface area contributed by atoms with Crippen LogP contribution >= 0.6 is 0 Å². The Kier molecular flexibility index (Phi) is 7.58. The van der Waals surface area contributed by atoms with Crippen molar-refractivity contribution in [1.29, 1.82) is 0 Å². The van der Waals surface area contributed by atoms with Crippen molar-refractivity contribution in [1.82, 2.24) is 4.90 Å². The highest BCUT2D eigenvalue weighted by molar-refractivity contribution is 5.90. The average Bonchev–Trinajstić information content (AvgIpc) is 2.69. The second kappa shape index (κ2) is 9.90. The van der Waals surface area contributed by atoms with Gasteiger partial charge in [0.15, 0.2) is 0 Å². The van der Waals surface area contributed by atoms with Crippen molar-refractivity contribution in [3.05, 3.63) is 48.0 Å². The predicted octanol–water partition coefficient (Wildman–Crippen LogP) is 4.66. The Morgan fingerprint density at radius 1 is 1.03 bits per heavy atom. The van der Waals surface area contributed by atoms with Gasteiger partial charge in [0.1, 0.15) is 23.9 Å². The molecule has 9 heteroatoms. The van der Waals surface area contributed by atoms with Gasteiger partial charge >= 0.3 is 12.2 Å². The summed E-state index contributed by atoms with van der Waals surface area (Å²) in [4.78, 5) is 13.5. The second-order valence-electron chi connectivity index (χ2n) is 6.01. The Morgan fingerprint density at radius 3 is 2.24 bits per heavy atom. The van der Waals surface area contributed by atoms with Gasteiger partial charge in [0.05, 0.1) is 31.5 Å². The number of hydrogen-bond acceptors (Lipinski definition) is 4. The number of alkyl halides is 3. The van der Waals surface area contributed by atoms with Gasteiger partial charge in [0.25, 0.3) is 0 Å². The zero-order chi connectivity index (χ0) is 21.4. The molecule has 1 N–H and O–H groups in total. The number of carbonyl (C=O) groups is 1. The molecule has 0 atom stereocenters. The molecule has 2 amide bonds. The van der Waals surface area contributed by atoms with Crippen LogP contribution in [0, 0.1) is 0 Å². The first kappa shape index (κ1) is 22.2. The first-order valence-electron chi connectivity index (χ1n) is 8.87.